The normalized spacial score (nSPS) is 11.4. The van der Waals surface area contributed by atoms with E-state index in [1.54, 1.807) is 6.20 Å². The van der Waals surface area contributed by atoms with E-state index in [1.807, 2.05) is 18.2 Å². The lowest BCUT2D eigenvalue weighted by atomic mass is 9.82. The van der Waals surface area contributed by atoms with Gasteiger partial charge in [0.15, 0.2) is 0 Å². The Labute approximate surface area is 120 Å². The number of nitrogens with zero attached hydrogens (tertiary/aromatic N) is 2. The van der Waals surface area contributed by atoms with E-state index in [1.165, 1.54) is 5.56 Å². The molecule has 0 aliphatic carbocycles. The van der Waals surface area contributed by atoms with E-state index < -0.39 is 0 Å². The van der Waals surface area contributed by atoms with Gasteiger partial charge in [-0.3, -0.25) is 0 Å². The lowest BCUT2D eigenvalue weighted by Gasteiger charge is -2.23. The highest BCUT2D eigenvalue weighted by Gasteiger charge is 2.17. The van der Waals surface area contributed by atoms with Gasteiger partial charge in [-0.05, 0) is 35.6 Å². The number of rotatable bonds is 5. The van der Waals surface area contributed by atoms with E-state index in [4.69, 9.17) is 10.5 Å². The van der Waals surface area contributed by atoms with Gasteiger partial charge >= 0.3 is 0 Å². The topological polar surface area (TPSA) is 61.0 Å². The summed E-state index contributed by atoms with van der Waals surface area (Å²) in [7, 11) is 0. The van der Waals surface area contributed by atoms with Gasteiger partial charge in [0.1, 0.15) is 5.75 Å². The monoisotopic (exact) mass is 271 g/mol. The standard InChI is InChI=1S/C16H21N3O/c1-4-16(2,3)13-5-7-14(8-6-13)20-15-12(11-17)9-10-18-19-15/h5-10H,4,11,17H2,1-3H3. The molecule has 0 spiro atoms. The van der Waals surface area contributed by atoms with Crippen molar-refractivity contribution < 1.29 is 4.74 Å². The van der Waals surface area contributed by atoms with Crippen LogP contribution in [0.15, 0.2) is 36.5 Å². The average molecular weight is 271 g/mol. The maximum atomic E-state index is 5.75. The van der Waals surface area contributed by atoms with Crippen molar-refractivity contribution in [2.45, 2.75) is 39.2 Å². The van der Waals surface area contributed by atoms with Crippen LogP contribution in [0.5, 0.6) is 11.6 Å². The van der Waals surface area contributed by atoms with Gasteiger partial charge in [-0.25, -0.2) is 0 Å². The maximum Gasteiger partial charge on any atom is 0.243 e. The fourth-order valence-corrected chi connectivity index (χ4v) is 1.88. The lowest BCUT2D eigenvalue weighted by molar-refractivity contribution is 0.446. The highest BCUT2D eigenvalue weighted by atomic mass is 16.5. The van der Waals surface area contributed by atoms with Crippen LogP contribution in [-0.2, 0) is 12.0 Å². The van der Waals surface area contributed by atoms with Crippen LogP contribution in [0.4, 0.5) is 0 Å². The average Bonchev–Trinajstić information content (AvgIpc) is 2.48. The van der Waals surface area contributed by atoms with Gasteiger partial charge < -0.3 is 10.5 Å². The fraction of sp³-hybridized carbons (Fsp3) is 0.375. The van der Waals surface area contributed by atoms with Crippen LogP contribution in [0.1, 0.15) is 38.3 Å². The number of hydrogen-bond acceptors (Lipinski definition) is 4. The Morgan fingerprint density at radius 2 is 1.85 bits per heavy atom. The van der Waals surface area contributed by atoms with Crippen molar-refractivity contribution >= 4 is 0 Å². The van der Waals surface area contributed by atoms with Gasteiger partial charge in [0.05, 0.1) is 6.20 Å². The molecule has 0 saturated heterocycles. The summed E-state index contributed by atoms with van der Waals surface area (Å²) in [5.41, 5.74) is 7.97. The Hall–Kier alpha value is -1.94. The molecule has 106 valence electrons. The van der Waals surface area contributed by atoms with Gasteiger partial charge in [-0.2, -0.15) is 5.10 Å². The third kappa shape index (κ3) is 3.14. The number of hydrogen-bond donors (Lipinski definition) is 1. The summed E-state index contributed by atoms with van der Waals surface area (Å²) in [6.45, 7) is 7.04. The Kier molecular flexibility index (Phi) is 4.35. The predicted octanol–water partition coefficient (Wildman–Crippen LogP) is 3.42. The zero-order valence-electron chi connectivity index (χ0n) is 12.3. The molecule has 4 nitrogen and oxygen atoms in total. The first-order valence-corrected chi connectivity index (χ1v) is 6.86. The highest BCUT2D eigenvalue weighted by Crippen LogP contribution is 2.29. The molecule has 0 atom stereocenters. The van der Waals surface area contributed by atoms with E-state index in [2.05, 4.69) is 43.1 Å². The molecule has 2 aromatic rings. The minimum atomic E-state index is 0.174. The Bertz CT molecular complexity index is 564. The molecule has 4 heteroatoms. The van der Waals surface area contributed by atoms with E-state index in [0.717, 1.165) is 17.7 Å². The zero-order valence-corrected chi connectivity index (χ0v) is 12.3. The molecule has 0 aliphatic rings. The van der Waals surface area contributed by atoms with Crippen molar-refractivity contribution in [2.24, 2.45) is 5.73 Å². The molecule has 0 amide bonds. The Morgan fingerprint density at radius 3 is 2.45 bits per heavy atom. The number of nitrogens with two attached hydrogens (primary N) is 1. The molecule has 0 aliphatic heterocycles. The lowest BCUT2D eigenvalue weighted by Crippen LogP contribution is -2.14. The third-order valence-electron chi connectivity index (χ3n) is 3.72. The smallest absolute Gasteiger partial charge is 0.243 e. The molecule has 2 N–H and O–H groups in total. The molecule has 1 aromatic heterocycles. The number of ether oxygens (including phenoxy) is 1. The highest BCUT2D eigenvalue weighted by molar-refractivity contribution is 5.35. The van der Waals surface area contributed by atoms with Gasteiger partial charge in [0.25, 0.3) is 0 Å². The Balaban J connectivity index is 2.19. The molecule has 0 bridgehead atoms. The van der Waals surface area contributed by atoms with Crippen LogP contribution in [0.25, 0.3) is 0 Å². The first-order chi connectivity index (χ1) is 9.56. The van der Waals surface area contributed by atoms with E-state index >= 15 is 0 Å². The van der Waals surface area contributed by atoms with Crippen LogP contribution < -0.4 is 10.5 Å². The van der Waals surface area contributed by atoms with Crippen LogP contribution >= 0.6 is 0 Å². The molecule has 2 rings (SSSR count). The molecule has 1 heterocycles. The second-order valence-corrected chi connectivity index (χ2v) is 5.43. The third-order valence-corrected chi connectivity index (χ3v) is 3.72. The minimum absolute atomic E-state index is 0.174. The summed E-state index contributed by atoms with van der Waals surface area (Å²) >= 11 is 0. The molecule has 1 aromatic carbocycles. The SMILES string of the molecule is CCC(C)(C)c1ccc(Oc2nnccc2CN)cc1. The van der Waals surface area contributed by atoms with Gasteiger partial charge in [0.2, 0.25) is 5.88 Å². The van der Waals surface area contributed by atoms with Crippen molar-refractivity contribution in [2.75, 3.05) is 0 Å². The quantitative estimate of drug-likeness (QED) is 0.905. The van der Waals surface area contributed by atoms with Crippen LogP contribution in [-0.4, -0.2) is 10.2 Å². The summed E-state index contributed by atoms with van der Waals surface area (Å²) in [5.74, 6) is 1.22. The second kappa shape index (κ2) is 6.01. The van der Waals surface area contributed by atoms with Gasteiger partial charge in [-0.1, -0.05) is 32.9 Å². The molecule has 20 heavy (non-hydrogen) atoms. The molecule has 0 radical (unpaired) electrons. The van der Waals surface area contributed by atoms with Crippen molar-refractivity contribution in [3.8, 4) is 11.6 Å². The number of aromatic nitrogens is 2. The van der Waals surface area contributed by atoms with E-state index in [9.17, 15) is 0 Å². The second-order valence-electron chi connectivity index (χ2n) is 5.43. The molecule has 0 unspecified atom stereocenters. The summed E-state index contributed by atoms with van der Waals surface area (Å²) < 4.78 is 5.75. The predicted molar refractivity (Wildman–Crippen MR) is 79.8 cm³/mol. The van der Waals surface area contributed by atoms with Crippen LogP contribution in [0.3, 0.4) is 0 Å². The molecule has 0 fully saturated rings. The van der Waals surface area contributed by atoms with Crippen molar-refractivity contribution in [1.29, 1.82) is 0 Å². The summed E-state index contributed by atoms with van der Waals surface area (Å²) in [6, 6.07) is 9.93. The van der Waals surface area contributed by atoms with E-state index in [-0.39, 0.29) is 5.41 Å². The number of benzene rings is 1. The fourth-order valence-electron chi connectivity index (χ4n) is 1.88. The van der Waals surface area contributed by atoms with Crippen LogP contribution in [0.2, 0.25) is 0 Å². The van der Waals surface area contributed by atoms with Crippen molar-refractivity contribution in [1.82, 2.24) is 10.2 Å². The van der Waals surface area contributed by atoms with Crippen LogP contribution in [0, 0.1) is 0 Å². The first kappa shape index (κ1) is 14.5. The maximum absolute atomic E-state index is 5.75. The summed E-state index contributed by atoms with van der Waals surface area (Å²) in [6.07, 6.45) is 2.70. The largest absolute Gasteiger partial charge is 0.437 e. The zero-order chi connectivity index (χ0) is 14.6. The Morgan fingerprint density at radius 1 is 1.15 bits per heavy atom. The summed E-state index contributed by atoms with van der Waals surface area (Å²) in [5, 5.41) is 7.81. The first-order valence-electron chi connectivity index (χ1n) is 6.86. The van der Waals surface area contributed by atoms with Gasteiger partial charge in [-0.15, -0.1) is 5.10 Å². The molecular formula is C16H21N3O. The van der Waals surface area contributed by atoms with Crippen molar-refractivity contribution in [3.63, 3.8) is 0 Å². The van der Waals surface area contributed by atoms with Crippen molar-refractivity contribution in [3.05, 3.63) is 47.7 Å². The molecule has 0 saturated carbocycles. The van der Waals surface area contributed by atoms with E-state index in [0.29, 0.717) is 12.4 Å². The molecular weight excluding hydrogens is 250 g/mol. The minimum Gasteiger partial charge on any atom is -0.437 e. The summed E-state index contributed by atoms with van der Waals surface area (Å²) in [4.78, 5) is 0. The van der Waals surface area contributed by atoms with Gasteiger partial charge in [0, 0.05) is 12.1 Å².